The third kappa shape index (κ3) is 4.65. The number of rotatable bonds is 6. The molecule has 1 amide bonds. The second kappa shape index (κ2) is 7.26. The van der Waals surface area contributed by atoms with E-state index in [2.05, 4.69) is 10.6 Å². The first-order chi connectivity index (χ1) is 9.28. The van der Waals surface area contributed by atoms with Crippen molar-refractivity contribution in [3.8, 4) is 0 Å². The topological polar surface area (TPSA) is 61.4 Å². The molecule has 0 aliphatic heterocycles. The molecule has 0 atom stereocenters. The normalized spacial score (nSPS) is 15.6. The van der Waals surface area contributed by atoms with Gasteiger partial charge in [-0.2, -0.15) is 0 Å². The van der Waals surface area contributed by atoms with Crippen LogP contribution in [-0.4, -0.2) is 30.2 Å². The van der Waals surface area contributed by atoms with E-state index < -0.39 is 0 Å². The number of amides is 1. The predicted octanol–water partition coefficient (Wildman–Crippen LogP) is 1.69. The Bertz CT molecular complexity index is 397. The number of carbonyl (C=O) groups is 1. The number of anilines is 1. The highest BCUT2D eigenvalue weighted by molar-refractivity contribution is 5.92. The van der Waals surface area contributed by atoms with E-state index in [1.807, 2.05) is 24.3 Å². The lowest BCUT2D eigenvalue weighted by atomic mass is 10.1. The molecule has 0 aromatic heterocycles. The zero-order valence-electron chi connectivity index (χ0n) is 11.2. The van der Waals surface area contributed by atoms with Crippen LogP contribution in [0.5, 0.6) is 0 Å². The van der Waals surface area contributed by atoms with Crippen molar-refractivity contribution in [2.45, 2.75) is 38.1 Å². The van der Waals surface area contributed by atoms with Gasteiger partial charge >= 0.3 is 0 Å². The maximum absolute atomic E-state index is 11.8. The summed E-state index contributed by atoms with van der Waals surface area (Å²) in [4.78, 5) is 11.8. The third-order valence-electron chi connectivity index (χ3n) is 3.54. The summed E-state index contributed by atoms with van der Waals surface area (Å²) in [5.41, 5.74) is 1.88. The number of aliphatic hydroxyl groups is 1. The standard InChI is InChI=1S/C15H22N2O2/c18-10-9-12-5-7-14(8-6-12)17-15(19)11-16-13-3-1-2-4-13/h5-8,13,16,18H,1-4,9-11H2,(H,17,19). The smallest absolute Gasteiger partial charge is 0.238 e. The molecule has 1 aromatic carbocycles. The number of nitrogens with one attached hydrogen (secondary N) is 2. The van der Waals surface area contributed by atoms with Crippen LogP contribution >= 0.6 is 0 Å². The minimum Gasteiger partial charge on any atom is -0.396 e. The third-order valence-corrected chi connectivity index (χ3v) is 3.54. The first-order valence-corrected chi connectivity index (χ1v) is 7.01. The van der Waals surface area contributed by atoms with Gasteiger partial charge in [-0.05, 0) is 37.0 Å². The van der Waals surface area contributed by atoms with E-state index >= 15 is 0 Å². The Kier molecular flexibility index (Phi) is 5.36. The molecule has 0 heterocycles. The zero-order chi connectivity index (χ0) is 13.5. The van der Waals surface area contributed by atoms with Crippen LogP contribution in [0.25, 0.3) is 0 Å². The van der Waals surface area contributed by atoms with Crippen LogP contribution in [0, 0.1) is 0 Å². The van der Waals surface area contributed by atoms with Crippen LogP contribution in [0.2, 0.25) is 0 Å². The van der Waals surface area contributed by atoms with Gasteiger partial charge in [0.25, 0.3) is 0 Å². The van der Waals surface area contributed by atoms with Gasteiger partial charge in [-0.15, -0.1) is 0 Å². The molecule has 1 saturated carbocycles. The first kappa shape index (κ1) is 14.0. The van der Waals surface area contributed by atoms with E-state index in [9.17, 15) is 4.79 Å². The van der Waals surface area contributed by atoms with Gasteiger partial charge in [0.2, 0.25) is 5.91 Å². The average molecular weight is 262 g/mol. The molecule has 1 fully saturated rings. The molecule has 104 valence electrons. The van der Waals surface area contributed by atoms with E-state index in [0.29, 0.717) is 19.0 Å². The van der Waals surface area contributed by atoms with Crippen LogP contribution in [0.4, 0.5) is 5.69 Å². The van der Waals surface area contributed by atoms with Gasteiger partial charge in [0.05, 0.1) is 6.54 Å². The fraction of sp³-hybridized carbons (Fsp3) is 0.533. The van der Waals surface area contributed by atoms with Crippen molar-refractivity contribution >= 4 is 11.6 Å². The summed E-state index contributed by atoms with van der Waals surface area (Å²) in [5, 5.41) is 15.0. The molecule has 0 spiro atoms. The Hall–Kier alpha value is -1.39. The molecule has 0 radical (unpaired) electrons. The largest absolute Gasteiger partial charge is 0.396 e. The van der Waals surface area contributed by atoms with Crippen LogP contribution < -0.4 is 10.6 Å². The highest BCUT2D eigenvalue weighted by Gasteiger charge is 2.15. The second-order valence-corrected chi connectivity index (χ2v) is 5.08. The molecule has 1 aliphatic rings. The fourth-order valence-electron chi connectivity index (χ4n) is 2.46. The Morgan fingerprint density at radius 2 is 1.89 bits per heavy atom. The summed E-state index contributed by atoms with van der Waals surface area (Å²) in [6.07, 6.45) is 5.56. The minimum atomic E-state index is 0.00167. The molecular formula is C15H22N2O2. The Morgan fingerprint density at radius 3 is 2.53 bits per heavy atom. The van der Waals surface area contributed by atoms with Gasteiger partial charge in [0.1, 0.15) is 0 Å². The van der Waals surface area contributed by atoms with Crippen LogP contribution in [0.1, 0.15) is 31.2 Å². The summed E-state index contributed by atoms with van der Waals surface area (Å²) in [6, 6.07) is 8.11. The van der Waals surface area contributed by atoms with E-state index in [4.69, 9.17) is 5.11 Å². The molecule has 0 unspecified atom stereocenters. The number of benzene rings is 1. The summed E-state index contributed by atoms with van der Waals surface area (Å²) in [6.45, 7) is 0.528. The predicted molar refractivity (Wildman–Crippen MR) is 76.1 cm³/mol. The van der Waals surface area contributed by atoms with E-state index in [1.54, 1.807) is 0 Å². The zero-order valence-corrected chi connectivity index (χ0v) is 11.2. The molecule has 2 rings (SSSR count). The van der Waals surface area contributed by atoms with Crippen molar-refractivity contribution in [3.63, 3.8) is 0 Å². The van der Waals surface area contributed by atoms with Crippen molar-refractivity contribution in [3.05, 3.63) is 29.8 Å². The van der Waals surface area contributed by atoms with E-state index in [0.717, 1.165) is 11.3 Å². The lowest BCUT2D eigenvalue weighted by molar-refractivity contribution is -0.115. The van der Waals surface area contributed by atoms with Crippen LogP contribution in [0.15, 0.2) is 24.3 Å². The maximum atomic E-state index is 11.8. The quantitative estimate of drug-likeness (QED) is 0.731. The molecule has 4 nitrogen and oxygen atoms in total. The minimum absolute atomic E-state index is 0.00167. The van der Waals surface area contributed by atoms with E-state index in [-0.39, 0.29) is 12.5 Å². The number of hydrogen-bond acceptors (Lipinski definition) is 3. The van der Waals surface area contributed by atoms with Gasteiger partial charge in [-0.25, -0.2) is 0 Å². The van der Waals surface area contributed by atoms with Crippen molar-refractivity contribution < 1.29 is 9.90 Å². The van der Waals surface area contributed by atoms with Crippen molar-refractivity contribution in [1.82, 2.24) is 5.32 Å². The summed E-state index contributed by atoms with van der Waals surface area (Å²) in [5.74, 6) is 0.00167. The van der Waals surface area contributed by atoms with Crippen molar-refractivity contribution in [1.29, 1.82) is 0 Å². The Balaban J connectivity index is 1.74. The first-order valence-electron chi connectivity index (χ1n) is 7.01. The van der Waals surface area contributed by atoms with Gasteiger partial charge in [-0.3, -0.25) is 4.79 Å². The molecule has 4 heteroatoms. The average Bonchev–Trinajstić information content (AvgIpc) is 2.92. The highest BCUT2D eigenvalue weighted by atomic mass is 16.2. The summed E-state index contributed by atoms with van der Waals surface area (Å²) >= 11 is 0. The molecule has 0 bridgehead atoms. The summed E-state index contributed by atoms with van der Waals surface area (Å²) in [7, 11) is 0. The van der Waals surface area contributed by atoms with Crippen molar-refractivity contribution in [2.75, 3.05) is 18.5 Å². The molecule has 3 N–H and O–H groups in total. The Labute approximate surface area is 114 Å². The Morgan fingerprint density at radius 1 is 1.21 bits per heavy atom. The monoisotopic (exact) mass is 262 g/mol. The lowest BCUT2D eigenvalue weighted by Gasteiger charge is -2.12. The highest BCUT2D eigenvalue weighted by Crippen LogP contribution is 2.17. The summed E-state index contributed by atoms with van der Waals surface area (Å²) < 4.78 is 0. The number of aliphatic hydroxyl groups excluding tert-OH is 1. The van der Waals surface area contributed by atoms with Gasteiger partial charge < -0.3 is 15.7 Å². The molecule has 19 heavy (non-hydrogen) atoms. The van der Waals surface area contributed by atoms with Gasteiger partial charge in [-0.1, -0.05) is 25.0 Å². The number of hydrogen-bond donors (Lipinski definition) is 3. The van der Waals surface area contributed by atoms with Crippen molar-refractivity contribution in [2.24, 2.45) is 0 Å². The molecule has 0 saturated heterocycles. The number of carbonyl (C=O) groups excluding carboxylic acids is 1. The van der Waals surface area contributed by atoms with E-state index in [1.165, 1.54) is 25.7 Å². The lowest BCUT2D eigenvalue weighted by Crippen LogP contribution is -2.34. The second-order valence-electron chi connectivity index (χ2n) is 5.08. The van der Waals surface area contributed by atoms with Crippen LogP contribution in [0.3, 0.4) is 0 Å². The SMILES string of the molecule is O=C(CNC1CCCC1)Nc1ccc(CCO)cc1. The fourth-order valence-corrected chi connectivity index (χ4v) is 2.46. The van der Waals surface area contributed by atoms with Gasteiger partial charge in [0, 0.05) is 18.3 Å². The van der Waals surface area contributed by atoms with Gasteiger partial charge in [0.15, 0.2) is 0 Å². The van der Waals surface area contributed by atoms with Crippen LogP contribution in [-0.2, 0) is 11.2 Å². The maximum Gasteiger partial charge on any atom is 0.238 e. The molecule has 1 aliphatic carbocycles. The molecule has 1 aromatic rings. The molecular weight excluding hydrogens is 240 g/mol.